The van der Waals surface area contributed by atoms with Gasteiger partial charge in [0.25, 0.3) is 0 Å². The fourth-order valence-electron chi connectivity index (χ4n) is 3.74. The lowest BCUT2D eigenvalue weighted by Crippen LogP contribution is -2.49. The molecule has 9 nitrogen and oxygen atoms in total. The molecule has 14 heteroatoms. The Balaban J connectivity index is 1.44. The van der Waals surface area contributed by atoms with Gasteiger partial charge in [-0.15, -0.1) is 0 Å². The Morgan fingerprint density at radius 2 is 1.76 bits per heavy atom. The van der Waals surface area contributed by atoms with Gasteiger partial charge in [0.1, 0.15) is 17.1 Å². The van der Waals surface area contributed by atoms with Crippen molar-refractivity contribution in [1.29, 1.82) is 0 Å². The van der Waals surface area contributed by atoms with E-state index in [1.165, 1.54) is 33.5 Å². The third-order valence-corrected chi connectivity index (χ3v) is 7.64. The van der Waals surface area contributed by atoms with Gasteiger partial charge >= 0.3 is 12.3 Å². The van der Waals surface area contributed by atoms with Crippen molar-refractivity contribution in [3.8, 4) is 0 Å². The molecule has 1 N–H and O–H groups in total. The van der Waals surface area contributed by atoms with E-state index in [1.807, 2.05) is 0 Å². The van der Waals surface area contributed by atoms with Crippen LogP contribution in [0.25, 0.3) is 0 Å². The van der Waals surface area contributed by atoms with Crippen molar-refractivity contribution in [1.82, 2.24) is 9.29 Å². The summed E-state index contributed by atoms with van der Waals surface area (Å²) in [5.74, 6) is 0.0277. The Hall–Kier alpha value is -2.61. The normalized spacial score (nSPS) is 20.0. The molecule has 2 fully saturated rings. The number of aromatic nitrogens is 1. The first kappa shape index (κ1) is 24.5. The van der Waals surface area contributed by atoms with E-state index in [2.05, 4.69) is 4.98 Å². The number of hydrogen-bond acceptors (Lipinski definition) is 7. The zero-order valence-electron chi connectivity index (χ0n) is 17.6. The average Bonchev–Trinajstić information content (AvgIpc) is 3.19. The van der Waals surface area contributed by atoms with Crippen LogP contribution in [-0.2, 0) is 20.9 Å². The second-order valence-corrected chi connectivity index (χ2v) is 10.0. The molecular formula is C20H20ClF3N4O5S. The Labute approximate surface area is 198 Å². The molecule has 2 aromatic rings. The highest BCUT2D eigenvalue weighted by molar-refractivity contribution is 7.89. The first-order chi connectivity index (χ1) is 16.0. The number of aliphatic hydroxyl groups excluding tert-OH is 1. The van der Waals surface area contributed by atoms with E-state index in [9.17, 15) is 26.4 Å². The van der Waals surface area contributed by atoms with Crippen LogP contribution in [0.5, 0.6) is 0 Å². The largest absolute Gasteiger partial charge is 0.441 e. The zero-order valence-corrected chi connectivity index (χ0v) is 19.1. The molecule has 4 rings (SSSR count). The summed E-state index contributed by atoms with van der Waals surface area (Å²) < 4.78 is 71.5. The highest BCUT2D eigenvalue weighted by Gasteiger charge is 2.35. The fraction of sp³-hybridized carbons (Fsp3) is 0.400. The number of benzene rings is 1. The van der Waals surface area contributed by atoms with Gasteiger partial charge in [-0.05, 0) is 36.4 Å². The molecule has 3 heterocycles. The summed E-state index contributed by atoms with van der Waals surface area (Å²) in [6.07, 6.45) is -5.86. The van der Waals surface area contributed by atoms with Crippen molar-refractivity contribution in [2.45, 2.75) is 17.2 Å². The van der Waals surface area contributed by atoms with Crippen molar-refractivity contribution < 1.29 is 36.2 Å². The van der Waals surface area contributed by atoms with Crippen LogP contribution in [0.3, 0.4) is 0 Å². The van der Waals surface area contributed by atoms with Gasteiger partial charge in [0, 0.05) is 31.9 Å². The van der Waals surface area contributed by atoms with Crippen molar-refractivity contribution in [2.75, 3.05) is 49.1 Å². The molecule has 184 valence electrons. The van der Waals surface area contributed by atoms with Gasteiger partial charge in [-0.1, -0.05) is 11.6 Å². The number of pyridine rings is 1. The van der Waals surface area contributed by atoms with Crippen LogP contribution in [-0.4, -0.2) is 74.3 Å². The second-order valence-electron chi connectivity index (χ2n) is 7.72. The Morgan fingerprint density at radius 3 is 2.32 bits per heavy atom. The Kier molecular flexibility index (Phi) is 6.64. The smallest absolute Gasteiger partial charge is 0.416 e. The van der Waals surface area contributed by atoms with E-state index < -0.39 is 34.0 Å². The summed E-state index contributed by atoms with van der Waals surface area (Å²) in [5, 5.41) is 8.85. The summed E-state index contributed by atoms with van der Waals surface area (Å²) in [7, 11) is -3.87. The molecule has 1 aromatic heterocycles. The Bertz CT molecular complexity index is 1170. The molecule has 1 atom stereocenters. The second kappa shape index (κ2) is 9.21. The SMILES string of the molecule is O=C1OC(CO)CN1c1ccc(S(=O)(=O)N2CCN(c3cc(C(F)(F)F)cc(Cl)n3)CC2)cc1. The van der Waals surface area contributed by atoms with Crippen LogP contribution in [0.4, 0.5) is 29.5 Å². The number of halogens is 4. The van der Waals surface area contributed by atoms with Crippen molar-refractivity contribution in [3.05, 3.63) is 47.1 Å². The number of ether oxygens (including phenoxy) is 1. The third kappa shape index (κ3) is 4.92. The van der Waals surface area contributed by atoms with Gasteiger partial charge in [0.15, 0.2) is 0 Å². The summed E-state index contributed by atoms with van der Waals surface area (Å²) in [6.45, 7) is 0.167. The molecule has 2 saturated heterocycles. The number of alkyl halides is 3. The van der Waals surface area contributed by atoms with Crippen molar-refractivity contribution >= 4 is 39.2 Å². The third-order valence-electron chi connectivity index (χ3n) is 5.53. The van der Waals surface area contributed by atoms with Crippen LogP contribution in [0, 0.1) is 0 Å². The maximum Gasteiger partial charge on any atom is 0.416 e. The number of carbonyl (C=O) groups excluding carboxylic acids is 1. The molecular weight excluding hydrogens is 501 g/mol. The van der Waals surface area contributed by atoms with Gasteiger partial charge in [-0.25, -0.2) is 18.2 Å². The number of hydrogen-bond donors (Lipinski definition) is 1. The lowest BCUT2D eigenvalue weighted by atomic mass is 10.2. The first-order valence-electron chi connectivity index (χ1n) is 10.2. The van der Waals surface area contributed by atoms with Crippen LogP contribution in [0.2, 0.25) is 5.15 Å². The van der Waals surface area contributed by atoms with E-state index in [-0.39, 0.29) is 55.2 Å². The van der Waals surface area contributed by atoms with E-state index >= 15 is 0 Å². The number of amides is 1. The van der Waals surface area contributed by atoms with Crippen LogP contribution in [0.15, 0.2) is 41.3 Å². The van der Waals surface area contributed by atoms with Crippen molar-refractivity contribution in [2.24, 2.45) is 0 Å². The van der Waals surface area contributed by atoms with Gasteiger partial charge in [-0.2, -0.15) is 17.5 Å². The molecule has 0 aliphatic carbocycles. The lowest BCUT2D eigenvalue weighted by molar-refractivity contribution is -0.137. The predicted molar refractivity (Wildman–Crippen MR) is 116 cm³/mol. The number of aliphatic hydroxyl groups is 1. The minimum atomic E-state index is -4.58. The molecule has 0 radical (unpaired) electrons. The molecule has 2 aliphatic rings. The molecule has 0 spiro atoms. The van der Waals surface area contributed by atoms with Crippen molar-refractivity contribution in [3.63, 3.8) is 0 Å². The summed E-state index contributed by atoms with van der Waals surface area (Å²) >= 11 is 5.75. The number of cyclic esters (lactones) is 1. The number of carbonyl (C=O) groups is 1. The van der Waals surface area contributed by atoms with Gasteiger partial charge in [0.05, 0.1) is 23.6 Å². The molecule has 2 aliphatic heterocycles. The number of nitrogens with zero attached hydrogens (tertiary/aromatic N) is 4. The number of anilines is 2. The van der Waals surface area contributed by atoms with Gasteiger partial charge in [0.2, 0.25) is 10.0 Å². The summed E-state index contributed by atoms with van der Waals surface area (Å²) in [6, 6.07) is 7.30. The summed E-state index contributed by atoms with van der Waals surface area (Å²) in [4.78, 5) is 18.7. The highest BCUT2D eigenvalue weighted by atomic mass is 35.5. The number of sulfonamides is 1. The van der Waals surface area contributed by atoms with E-state index in [0.717, 1.165) is 12.1 Å². The lowest BCUT2D eigenvalue weighted by Gasteiger charge is -2.35. The van der Waals surface area contributed by atoms with Gasteiger partial charge in [-0.3, -0.25) is 4.90 Å². The van der Waals surface area contributed by atoms with Gasteiger partial charge < -0.3 is 14.7 Å². The van der Waals surface area contributed by atoms with E-state index in [4.69, 9.17) is 21.4 Å². The molecule has 1 amide bonds. The van der Waals surface area contributed by atoms with Crippen LogP contribution >= 0.6 is 11.6 Å². The monoisotopic (exact) mass is 520 g/mol. The topological polar surface area (TPSA) is 103 Å². The predicted octanol–water partition coefficient (Wildman–Crippen LogP) is 2.58. The maximum absolute atomic E-state index is 13.1. The molecule has 1 unspecified atom stereocenters. The van der Waals surface area contributed by atoms with Crippen LogP contribution in [0.1, 0.15) is 5.56 Å². The quantitative estimate of drug-likeness (QED) is 0.604. The first-order valence-corrected chi connectivity index (χ1v) is 12.0. The van der Waals surface area contributed by atoms with Crippen LogP contribution < -0.4 is 9.80 Å². The number of piperazine rings is 1. The van der Waals surface area contributed by atoms with E-state index in [0.29, 0.717) is 5.69 Å². The Morgan fingerprint density at radius 1 is 1.12 bits per heavy atom. The maximum atomic E-state index is 13.1. The fourth-order valence-corrected chi connectivity index (χ4v) is 5.37. The summed E-state index contributed by atoms with van der Waals surface area (Å²) in [5.41, 5.74) is -0.498. The minimum absolute atomic E-state index is 0.0104. The molecule has 34 heavy (non-hydrogen) atoms. The molecule has 0 bridgehead atoms. The minimum Gasteiger partial charge on any atom is -0.441 e. The highest BCUT2D eigenvalue weighted by Crippen LogP contribution is 2.33. The number of rotatable bonds is 5. The molecule has 0 saturated carbocycles. The zero-order chi connectivity index (χ0) is 24.7. The average molecular weight is 521 g/mol. The van der Waals surface area contributed by atoms with E-state index in [1.54, 1.807) is 4.90 Å². The molecule has 1 aromatic carbocycles. The standard InChI is InChI=1S/C20H20ClF3N4O5S/c21-17-9-13(20(22,23)24)10-18(25-17)26-5-7-27(8-6-26)34(31,32)16-3-1-14(2-4-16)28-11-15(12-29)33-19(28)30/h1-4,9-10,15,29H,5-8,11-12H2.